The molecule has 3 N–H and O–H groups in total. The molecule has 0 aliphatic carbocycles. The highest BCUT2D eigenvalue weighted by molar-refractivity contribution is 5.34. The number of rotatable bonds is 6. The molecule has 0 fully saturated rings. The number of hydrogen-bond donors (Lipinski definition) is 2. The van der Waals surface area contributed by atoms with Crippen LogP contribution < -0.4 is 11.1 Å². The molecule has 21 heavy (non-hydrogen) atoms. The minimum Gasteiger partial charge on any atom is -0.370 e. The maximum atomic E-state index is 11.9. The third kappa shape index (κ3) is 4.87. The molecule has 2 rings (SSSR count). The van der Waals surface area contributed by atoms with Crippen LogP contribution in [0.25, 0.3) is 5.95 Å². The monoisotopic (exact) mass is 303 g/mol. The number of nitrogens with two attached hydrogens (primary N) is 1. The van der Waals surface area contributed by atoms with Crippen molar-refractivity contribution in [2.24, 2.45) is 0 Å². The van der Waals surface area contributed by atoms with Crippen molar-refractivity contribution in [2.75, 3.05) is 30.8 Å². The van der Waals surface area contributed by atoms with Crippen molar-refractivity contribution in [3.8, 4) is 5.95 Å². The summed E-state index contributed by atoms with van der Waals surface area (Å²) in [7, 11) is 0. The minimum atomic E-state index is -4.34. The van der Waals surface area contributed by atoms with Crippen molar-refractivity contribution < 1.29 is 17.9 Å². The zero-order valence-corrected chi connectivity index (χ0v) is 10.7. The van der Waals surface area contributed by atoms with Crippen LogP contribution in [-0.4, -0.2) is 50.7 Å². The van der Waals surface area contributed by atoms with Crippen LogP contribution in [0.5, 0.6) is 0 Å². The Kier molecular flexibility index (Phi) is 4.52. The predicted molar refractivity (Wildman–Crippen MR) is 66.7 cm³/mol. The van der Waals surface area contributed by atoms with E-state index in [2.05, 4.69) is 30.1 Å². The molecule has 0 aliphatic rings. The normalized spacial score (nSPS) is 11.6. The topological polar surface area (TPSA) is 104 Å². The molecule has 0 bridgehead atoms. The molecule has 0 amide bonds. The molecule has 0 unspecified atom stereocenters. The number of halogens is 3. The summed E-state index contributed by atoms with van der Waals surface area (Å²) in [6, 6.07) is 1.68. The van der Waals surface area contributed by atoms with E-state index in [0.29, 0.717) is 0 Å². The van der Waals surface area contributed by atoms with E-state index < -0.39 is 12.8 Å². The number of aromatic nitrogens is 5. The molecule has 0 aliphatic heterocycles. The van der Waals surface area contributed by atoms with E-state index in [1.54, 1.807) is 12.3 Å². The third-order valence-electron chi connectivity index (χ3n) is 2.15. The summed E-state index contributed by atoms with van der Waals surface area (Å²) < 4.78 is 41.4. The van der Waals surface area contributed by atoms with Gasteiger partial charge in [0.15, 0.2) is 0 Å². The molecule has 0 saturated heterocycles. The van der Waals surface area contributed by atoms with Gasteiger partial charge < -0.3 is 15.8 Å². The highest BCUT2D eigenvalue weighted by atomic mass is 19.4. The van der Waals surface area contributed by atoms with Crippen LogP contribution >= 0.6 is 0 Å². The van der Waals surface area contributed by atoms with E-state index in [4.69, 9.17) is 5.73 Å². The molecule has 0 radical (unpaired) electrons. The average Bonchev–Trinajstić information content (AvgIpc) is 2.90. The van der Waals surface area contributed by atoms with Crippen LogP contribution in [0.2, 0.25) is 0 Å². The lowest BCUT2D eigenvalue weighted by atomic mass is 10.6. The molecule has 0 aromatic carbocycles. The molecule has 0 spiro atoms. The number of anilines is 2. The van der Waals surface area contributed by atoms with Gasteiger partial charge in [0.05, 0.1) is 6.61 Å². The smallest absolute Gasteiger partial charge is 0.370 e. The molecule has 11 heteroatoms. The molecule has 2 aromatic heterocycles. The van der Waals surface area contributed by atoms with E-state index in [-0.39, 0.29) is 31.0 Å². The van der Waals surface area contributed by atoms with E-state index in [1.165, 1.54) is 10.9 Å². The van der Waals surface area contributed by atoms with Crippen LogP contribution in [0.3, 0.4) is 0 Å². The van der Waals surface area contributed by atoms with Crippen LogP contribution in [0, 0.1) is 0 Å². The number of nitrogen functional groups attached to an aromatic ring is 1. The lowest BCUT2D eigenvalue weighted by Gasteiger charge is -2.09. The van der Waals surface area contributed by atoms with E-state index in [9.17, 15) is 13.2 Å². The van der Waals surface area contributed by atoms with Gasteiger partial charge in [-0.3, -0.25) is 0 Å². The number of alkyl halides is 3. The van der Waals surface area contributed by atoms with Crippen LogP contribution in [-0.2, 0) is 4.74 Å². The Labute approximate surface area is 117 Å². The first-order valence-corrected chi connectivity index (χ1v) is 5.84. The average molecular weight is 303 g/mol. The molecule has 0 atom stereocenters. The maximum Gasteiger partial charge on any atom is 0.411 e. The van der Waals surface area contributed by atoms with Crippen LogP contribution in [0.1, 0.15) is 0 Å². The predicted octanol–water partition coefficient (Wildman–Crippen LogP) is 0.630. The molecule has 2 aromatic rings. The number of nitrogens with one attached hydrogen (secondary N) is 1. The van der Waals surface area contributed by atoms with Gasteiger partial charge in [0.25, 0.3) is 5.95 Å². The first kappa shape index (κ1) is 15.0. The summed E-state index contributed by atoms with van der Waals surface area (Å²) >= 11 is 0. The SMILES string of the molecule is Nc1nc(NCCOCC(F)(F)F)nc(-n2cccn2)n1. The Morgan fingerprint density at radius 1 is 1.29 bits per heavy atom. The molecule has 114 valence electrons. The largest absolute Gasteiger partial charge is 0.411 e. The Morgan fingerprint density at radius 2 is 2.10 bits per heavy atom. The second kappa shape index (κ2) is 6.35. The summed E-state index contributed by atoms with van der Waals surface area (Å²) in [5, 5.41) is 6.63. The summed E-state index contributed by atoms with van der Waals surface area (Å²) in [6.45, 7) is -1.35. The van der Waals surface area contributed by atoms with Gasteiger partial charge in [-0.25, -0.2) is 4.68 Å². The lowest BCUT2D eigenvalue weighted by molar-refractivity contribution is -0.172. The summed E-state index contributed by atoms with van der Waals surface area (Å²) in [5.74, 6) is 0.295. The quantitative estimate of drug-likeness (QED) is 0.754. The Bertz CT molecular complexity index is 573. The van der Waals surface area contributed by atoms with Crippen molar-refractivity contribution in [2.45, 2.75) is 6.18 Å². The third-order valence-corrected chi connectivity index (χ3v) is 2.15. The van der Waals surface area contributed by atoms with E-state index in [1.807, 2.05) is 0 Å². The van der Waals surface area contributed by atoms with Crippen LogP contribution in [0.15, 0.2) is 18.5 Å². The number of nitrogens with zero attached hydrogens (tertiary/aromatic N) is 5. The second-order valence-corrected chi connectivity index (χ2v) is 3.86. The molecule has 8 nitrogen and oxygen atoms in total. The Balaban J connectivity index is 1.89. The van der Waals surface area contributed by atoms with Gasteiger partial charge in [-0.05, 0) is 6.07 Å². The molecular formula is C10H12F3N7O. The first-order valence-electron chi connectivity index (χ1n) is 5.84. The van der Waals surface area contributed by atoms with Crippen molar-refractivity contribution in [1.82, 2.24) is 24.7 Å². The van der Waals surface area contributed by atoms with Gasteiger partial charge in [0.2, 0.25) is 11.9 Å². The minimum absolute atomic E-state index is 0.0331. The standard InChI is InChI=1S/C10H12F3N7O/c11-10(12,13)6-21-5-3-15-8-17-7(14)18-9(19-8)20-4-1-2-16-20/h1-2,4H,3,5-6H2,(H3,14,15,17,18,19). The summed E-state index contributed by atoms with van der Waals surface area (Å²) in [5.41, 5.74) is 5.53. The van der Waals surface area contributed by atoms with Gasteiger partial charge in [-0.1, -0.05) is 0 Å². The molecular weight excluding hydrogens is 291 g/mol. The zero-order valence-electron chi connectivity index (χ0n) is 10.7. The van der Waals surface area contributed by atoms with Crippen molar-refractivity contribution in [3.63, 3.8) is 0 Å². The Hall–Kier alpha value is -2.43. The van der Waals surface area contributed by atoms with Gasteiger partial charge in [0.1, 0.15) is 6.61 Å². The fraction of sp³-hybridized carbons (Fsp3) is 0.400. The fourth-order valence-corrected chi connectivity index (χ4v) is 1.37. The van der Waals surface area contributed by atoms with Crippen molar-refractivity contribution in [3.05, 3.63) is 18.5 Å². The van der Waals surface area contributed by atoms with E-state index >= 15 is 0 Å². The van der Waals surface area contributed by atoms with Crippen molar-refractivity contribution in [1.29, 1.82) is 0 Å². The van der Waals surface area contributed by atoms with Crippen LogP contribution in [0.4, 0.5) is 25.1 Å². The highest BCUT2D eigenvalue weighted by Gasteiger charge is 2.27. The molecule has 2 heterocycles. The van der Waals surface area contributed by atoms with Gasteiger partial charge in [-0.15, -0.1) is 0 Å². The van der Waals surface area contributed by atoms with Gasteiger partial charge >= 0.3 is 6.18 Å². The van der Waals surface area contributed by atoms with E-state index in [0.717, 1.165) is 0 Å². The van der Waals surface area contributed by atoms with Gasteiger partial charge in [0, 0.05) is 18.9 Å². The molecule has 0 saturated carbocycles. The van der Waals surface area contributed by atoms with Crippen molar-refractivity contribution >= 4 is 11.9 Å². The summed E-state index contributed by atoms with van der Waals surface area (Å²) in [4.78, 5) is 11.7. The number of hydrogen-bond acceptors (Lipinski definition) is 7. The first-order chi connectivity index (χ1) is 9.94. The fourth-order valence-electron chi connectivity index (χ4n) is 1.37. The summed E-state index contributed by atoms with van der Waals surface area (Å²) in [6.07, 6.45) is -1.19. The van der Waals surface area contributed by atoms with Gasteiger partial charge in [-0.2, -0.15) is 33.2 Å². The highest BCUT2D eigenvalue weighted by Crippen LogP contribution is 2.14. The Morgan fingerprint density at radius 3 is 2.76 bits per heavy atom. The maximum absolute atomic E-state index is 11.9. The number of ether oxygens (including phenoxy) is 1. The zero-order chi connectivity index (χ0) is 15.3. The second-order valence-electron chi connectivity index (χ2n) is 3.86. The lowest BCUT2D eigenvalue weighted by Crippen LogP contribution is -2.21.